The lowest BCUT2D eigenvalue weighted by Crippen LogP contribution is -2.26. The molecule has 0 radical (unpaired) electrons. The average Bonchev–Trinajstić information content (AvgIpc) is 3.21. The molecule has 0 amide bonds. The summed E-state index contributed by atoms with van der Waals surface area (Å²) in [4.78, 5) is 10.2. The Morgan fingerprint density at radius 1 is 1.43 bits per heavy atom. The van der Waals surface area contributed by atoms with Gasteiger partial charge in [-0.15, -0.1) is 0 Å². The second-order valence-electron chi connectivity index (χ2n) is 5.17. The van der Waals surface area contributed by atoms with E-state index in [2.05, 4.69) is 10.1 Å². The zero-order valence-corrected chi connectivity index (χ0v) is 12.4. The number of nitrogen functional groups attached to an aromatic ring is 1. The van der Waals surface area contributed by atoms with Crippen LogP contribution in [0.2, 0.25) is 0 Å². The van der Waals surface area contributed by atoms with Crippen molar-refractivity contribution in [1.29, 1.82) is 0 Å². The van der Waals surface area contributed by atoms with E-state index in [1.54, 1.807) is 6.92 Å². The number of nitro benzene ring substituents is 1. The number of hydrogen-bond acceptors (Lipinski definition) is 6. The van der Waals surface area contributed by atoms with E-state index in [-0.39, 0.29) is 16.3 Å². The summed E-state index contributed by atoms with van der Waals surface area (Å²) < 4.78 is 27.0. The lowest BCUT2D eigenvalue weighted by atomic mass is 10.2. The summed E-state index contributed by atoms with van der Waals surface area (Å²) in [6.07, 6.45) is 3.08. The number of nitrogens with two attached hydrogens (primary N) is 1. The summed E-state index contributed by atoms with van der Waals surface area (Å²) in [6, 6.07) is 2.39. The number of anilines is 1. The van der Waals surface area contributed by atoms with Gasteiger partial charge in [-0.05, 0) is 30.9 Å². The van der Waals surface area contributed by atoms with E-state index in [1.165, 1.54) is 6.07 Å². The van der Waals surface area contributed by atoms with E-state index in [0.29, 0.717) is 18.0 Å². The van der Waals surface area contributed by atoms with Crippen LogP contribution in [0.4, 0.5) is 11.4 Å². The molecule has 1 aliphatic carbocycles. The van der Waals surface area contributed by atoms with Gasteiger partial charge in [0, 0.05) is 12.6 Å². The molecule has 0 bridgehead atoms. The van der Waals surface area contributed by atoms with Crippen LogP contribution in [-0.2, 0) is 10.0 Å². The third kappa shape index (κ3) is 3.69. The largest absolute Gasteiger partial charge is 0.318 e. The first-order chi connectivity index (χ1) is 9.85. The molecule has 1 saturated carbocycles. The van der Waals surface area contributed by atoms with E-state index in [9.17, 15) is 18.5 Å². The number of benzene rings is 1. The smallest absolute Gasteiger partial charge is 0.295 e. The van der Waals surface area contributed by atoms with Crippen molar-refractivity contribution < 1.29 is 13.3 Å². The van der Waals surface area contributed by atoms with Crippen LogP contribution >= 0.6 is 0 Å². The molecule has 0 aliphatic heterocycles. The first-order valence-corrected chi connectivity index (χ1v) is 8.09. The van der Waals surface area contributed by atoms with Crippen LogP contribution in [0.5, 0.6) is 0 Å². The molecule has 9 heteroatoms. The van der Waals surface area contributed by atoms with Crippen molar-refractivity contribution in [1.82, 2.24) is 4.72 Å². The Hall–Kier alpha value is -1.71. The number of hydrogen-bond donors (Lipinski definition) is 3. The summed E-state index contributed by atoms with van der Waals surface area (Å²) in [5.74, 6) is 5.82. The molecule has 1 fully saturated rings. The average molecular weight is 314 g/mol. The Morgan fingerprint density at radius 3 is 2.62 bits per heavy atom. The first-order valence-electron chi connectivity index (χ1n) is 6.60. The molecule has 4 N–H and O–H groups in total. The van der Waals surface area contributed by atoms with E-state index in [4.69, 9.17) is 5.84 Å². The van der Waals surface area contributed by atoms with Crippen molar-refractivity contribution >= 4 is 21.4 Å². The molecule has 1 aliphatic rings. The predicted molar refractivity (Wildman–Crippen MR) is 78.2 cm³/mol. The van der Waals surface area contributed by atoms with Crippen LogP contribution in [0.3, 0.4) is 0 Å². The Morgan fingerprint density at radius 2 is 2.10 bits per heavy atom. The van der Waals surface area contributed by atoms with Gasteiger partial charge in [0.05, 0.1) is 9.82 Å². The molecule has 116 valence electrons. The Labute approximate surface area is 122 Å². The molecular weight excluding hydrogens is 296 g/mol. The number of hydrazine groups is 1. The van der Waals surface area contributed by atoms with Gasteiger partial charge in [-0.3, -0.25) is 16.0 Å². The fraction of sp³-hybridized carbons (Fsp3) is 0.500. The molecular formula is C12H18N4O4S. The molecule has 0 unspecified atom stereocenters. The summed E-state index contributed by atoms with van der Waals surface area (Å²) >= 11 is 0. The monoisotopic (exact) mass is 314 g/mol. The fourth-order valence-corrected chi connectivity index (χ4v) is 3.41. The molecule has 0 aromatic heterocycles. The molecule has 0 saturated heterocycles. The van der Waals surface area contributed by atoms with E-state index >= 15 is 0 Å². The van der Waals surface area contributed by atoms with Crippen molar-refractivity contribution in [2.24, 2.45) is 11.8 Å². The van der Waals surface area contributed by atoms with Crippen molar-refractivity contribution in [3.63, 3.8) is 0 Å². The quantitative estimate of drug-likeness (QED) is 0.395. The van der Waals surface area contributed by atoms with Crippen LogP contribution in [-0.4, -0.2) is 19.9 Å². The zero-order valence-electron chi connectivity index (χ0n) is 11.6. The molecule has 0 spiro atoms. The number of rotatable bonds is 7. The summed E-state index contributed by atoms with van der Waals surface area (Å²) in [5.41, 5.74) is 2.31. The van der Waals surface area contributed by atoms with Gasteiger partial charge in [0.1, 0.15) is 5.69 Å². The number of nitrogens with one attached hydrogen (secondary N) is 2. The SMILES string of the molecule is Cc1cc(NN)c([N+](=O)[O-])cc1S(=O)(=O)NCCC1CC1. The Kier molecular flexibility index (Phi) is 4.45. The van der Waals surface area contributed by atoms with E-state index in [0.717, 1.165) is 25.3 Å². The van der Waals surface area contributed by atoms with Crippen LogP contribution in [0, 0.1) is 23.0 Å². The molecule has 2 rings (SSSR count). The number of sulfonamides is 1. The van der Waals surface area contributed by atoms with Gasteiger partial charge in [-0.25, -0.2) is 13.1 Å². The number of nitrogens with zero attached hydrogens (tertiary/aromatic N) is 1. The second-order valence-corrected chi connectivity index (χ2v) is 6.90. The minimum atomic E-state index is -3.76. The summed E-state index contributed by atoms with van der Waals surface area (Å²) in [5, 5.41) is 11.0. The van der Waals surface area contributed by atoms with E-state index < -0.39 is 14.9 Å². The highest BCUT2D eigenvalue weighted by Crippen LogP contribution is 2.32. The standard InChI is InChI=1S/C12H18N4O4S/c1-8-6-10(15-13)11(16(17)18)7-12(8)21(19,20)14-5-4-9-2-3-9/h6-7,9,14-15H,2-5,13H2,1H3. The Balaban J connectivity index is 2.27. The number of nitro groups is 1. The van der Waals surface area contributed by atoms with Crippen molar-refractivity contribution in [2.45, 2.75) is 31.1 Å². The van der Waals surface area contributed by atoms with Gasteiger partial charge < -0.3 is 5.43 Å². The van der Waals surface area contributed by atoms with Gasteiger partial charge in [-0.2, -0.15) is 0 Å². The maximum atomic E-state index is 12.2. The Bertz CT molecular complexity index is 655. The second kappa shape index (κ2) is 5.96. The molecule has 0 heterocycles. The topological polar surface area (TPSA) is 127 Å². The minimum Gasteiger partial charge on any atom is -0.318 e. The highest BCUT2D eigenvalue weighted by Gasteiger charge is 2.25. The van der Waals surface area contributed by atoms with Crippen LogP contribution in [0.25, 0.3) is 0 Å². The highest BCUT2D eigenvalue weighted by molar-refractivity contribution is 7.89. The molecule has 1 aromatic rings. The lowest BCUT2D eigenvalue weighted by Gasteiger charge is -2.11. The van der Waals surface area contributed by atoms with Crippen molar-refractivity contribution in [2.75, 3.05) is 12.0 Å². The van der Waals surface area contributed by atoms with Gasteiger partial charge in [-0.1, -0.05) is 12.8 Å². The van der Waals surface area contributed by atoms with Crippen molar-refractivity contribution in [3.8, 4) is 0 Å². The fourth-order valence-electron chi connectivity index (χ4n) is 2.12. The van der Waals surface area contributed by atoms with Gasteiger partial charge in [0.2, 0.25) is 10.0 Å². The third-order valence-electron chi connectivity index (χ3n) is 3.48. The van der Waals surface area contributed by atoms with Crippen LogP contribution < -0.4 is 16.0 Å². The van der Waals surface area contributed by atoms with Gasteiger partial charge in [0.25, 0.3) is 5.69 Å². The lowest BCUT2D eigenvalue weighted by molar-refractivity contribution is -0.384. The summed E-state index contributed by atoms with van der Waals surface area (Å²) in [6.45, 7) is 1.91. The minimum absolute atomic E-state index is 0.0782. The molecule has 0 atom stereocenters. The van der Waals surface area contributed by atoms with Crippen LogP contribution in [0.15, 0.2) is 17.0 Å². The van der Waals surface area contributed by atoms with Crippen molar-refractivity contribution in [3.05, 3.63) is 27.8 Å². The third-order valence-corrected chi connectivity index (χ3v) is 5.08. The maximum absolute atomic E-state index is 12.2. The molecule has 21 heavy (non-hydrogen) atoms. The first kappa shape index (κ1) is 15.7. The molecule has 1 aromatic carbocycles. The van der Waals surface area contributed by atoms with E-state index in [1.807, 2.05) is 0 Å². The normalized spacial score (nSPS) is 15.0. The zero-order chi connectivity index (χ0) is 15.6. The maximum Gasteiger partial charge on any atom is 0.295 e. The van der Waals surface area contributed by atoms with Gasteiger partial charge >= 0.3 is 0 Å². The van der Waals surface area contributed by atoms with Crippen LogP contribution in [0.1, 0.15) is 24.8 Å². The predicted octanol–water partition coefficient (Wildman–Crippen LogP) is 1.27. The van der Waals surface area contributed by atoms with Gasteiger partial charge in [0.15, 0.2) is 0 Å². The highest BCUT2D eigenvalue weighted by atomic mass is 32.2. The molecule has 8 nitrogen and oxygen atoms in total. The summed E-state index contributed by atoms with van der Waals surface area (Å²) in [7, 11) is -3.76. The number of aryl methyl sites for hydroxylation is 1.